The van der Waals surface area contributed by atoms with E-state index in [0.29, 0.717) is 24.1 Å². The van der Waals surface area contributed by atoms with Crippen molar-refractivity contribution in [2.75, 3.05) is 0 Å². The van der Waals surface area contributed by atoms with E-state index in [4.69, 9.17) is 10.7 Å². The van der Waals surface area contributed by atoms with Gasteiger partial charge in [-0.2, -0.15) is 5.26 Å². The fourth-order valence-electron chi connectivity index (χ4n) is 3.04. The van der Waals surface area contributed by atoms with Crippen molar-refractivity contribution < 1.29 is 19.7 Å². The highest BCUT2D eigenvalue weighted by Crippen LogP contribution is 2.28. The highest BCUT2D eigenvalue weighted by atomic mass is 17.1. The maximum atomic E-state index is 12.2. The Morgan fingerprint density at radius 3 is 2.46 bits per heavy atom. The second-order valence-electron chi connectivity index (χ2n) is 7.44. The summed E-state index contributed by atoms with van der Waals surface area (Å²) >= 11 is 0. The van der Waals surface area contributed by atoms with E-state index in [9.17, 15) is 9.59 Å². The molecule has 7 heteroatoms. The van der Waals surface area contributed by atoms with Gasteiger partial charge in [-0.25, -0.2) is 4.79 Å². The van der Waals surface area contributed by atoms with E-state index in [2.05, 4.69) is 15.2 Å². The molecule has 0 fully saturated rings. The van der Waals surface area contributed by atoms with Crippen LogP contribution in [0.2, 0.25) is 0 Å². The van der Waals surface area contributed by atoms with Gasteiger partial charge in [0.25, 0.3) is 5.91 Å². The number of aromatic nitrogens is 1. The van der Waals surface area contributed by atoms with Crippen LogP contribution < -0.4 is 5.32 Å². The minimum Gasteiger partial charge on any atom is -0.349 e. The number of hydrogen-bond donors (Lipinski definition) is 3. The third-order valence-corrected chi connectivity index (χ3v) is 4.49. The molecule has 7 nitrogen and oxygen atoms in total. The minimum atomic E-state index is -0.810. The summed E-state index contributed by atoms with van der Waals surface area (Å²) in [5.74, 6) is -1.02. The van der Waals surface area contributed by atoms with Crippen LogP contribution in [0, 0.1) is 5.41 Å². The van der Waals surface area contributed by atoms with E-state index < -0.39 is 5.97 Å². The lowest BCUT2D eigenvalue weighted by Crippen LogP contribution is -2.35. The largest absolute Gasteiger partial charge is 0.372 e. The topological polar surface area (TPSA) is 112 Å². The average molecular weight is 383 g/mol. The van der Waals surface area contributed by atoms with E-state index in [0.717, 1.165) is 5.56 Å². The van der Waals surface area contributed by atoms with Crippen LogP contribution in [0.1, 0.15) is 59.9 Å². The maximum absolute atomic E-state index is 12.2. The molecule has 1 heterocycles. The molecular formula is C21H25N3O4. The van der Waals surface area contributed by atoms with E-state index in [-0.39, 0.29) is 22.9 Å². The number of amides is 1. The molecule has 3 N–H and O–H groups in total. The van der Waals surface area contributed by atoms with Crippen LogP contribution in [-0.4, -0.2) is 33.9 Å². The van der Waals surface area contributed by atoms with Crippen LogP contribution >= 0.6 is 0 Å². The molecule has 148 valence electrons. The van der Waals surface area contributed by atoms with Gasteiger partial charge in [0, 0.05) is 30.6 Å². The maximum Gasteiger partial charge on any atom is 0.372 e. The number of pyridine rings is 1. The normalized spacial score (nSPS) is 12.1. The minimum absolute atomic E-state index is 0.183. The van der Waals surface area contributed by atoms with Gasteiger partial charge in [0.05, 0.1) is 11.1 Å². The molecule has 0 spiro atoms. The van der Waals surface area contributed by atoms with Crippen molar-refractivity contribution in [2.24, 2.45) is 0 Å². The van der Waals surface area contributed by atoms with Gasteiger partial charge in [-0.1, -0.05) is 26.0 Å². The summed E-state index contributed by atoms with van der Waals surface area (Å²) in [5.41, 5.74) is 1.89. The number of carbonyl (C=O) groups is 2. The molecule has 0 aliphatic heterocycles. The fraction of sp³-hybridized carbons (Fsp3) is 0.333. The van der Waals surface area contributed by atoms with Crippen LogP contribution in [-0.2, 0) is 10.3 Å². The van der Waals surface area contributed by atoms with Gasteiger partial charge in [-0.3, -0.25) is 14.7 Å². The van der Waals surface area contributed by atoms with E-state index in [1.165, 1.54) is 6.20 Å². The van der Waals surface area contributed by atoms with Gasteiger partial charge in [0.1, 0.15) is 0 Å². The van der Waals surface area contributed by atoms with Crippen LogP contribution in [0.5, 0.6) is 0 Å². The molecule has 0 radical (unpaired) electrons. The predicted molar refractivity (Wildman–Crippen MR) is 106 cm³/mol. The summed E-state index contributed by atoms with van der Waals surface area (Å²) in [4.78, 5) is 31.2. The molecule has 0 unspecified atom stereocenters. The monoisotopic (exact) mass is 383 g/mol. The Bertz CT molecular complexity index is 832. The van der Waals surface area contributed by atoms with E-state index >= 15 is 0 Å². The molecule has 1 amide bonds. The first-order chi connectivity index (χ1) is 13.2. The Morgan fingerprint density at radius 2 is 1.89 bits per heavy atom. The van der Waals surface area contributed by atoms with Gasteiger partial charge in [-0.05, 0) is 48.6 Å². The first-order valence-corrected chi connectivity index (χ1v) is 8.96. The number of carbonyl (C=O) groups excluding carboxylic acids is 2. The van der Waals surface area contributed by atoms with Crippen molar-refractivity contribution in [3.8, 4) is 0 Å². The Kier molecular flexibility index (Phi) is 7.00. The van der Waals surface area contributed by atoms with Crippen LogP contribution in [0.25, 0.3) is 0 Å². The summed E-state index contributed by atoms with van der Waals surface area (Å²) in [6.07, 6.45) is 4.05. The molecule has 0 aliphatic carbocycles. The number of rotatable bonds is 8. The lowest BCUT2D eigenvalue weighted by atomic mass is 9.79. The zero-order valence-electron chi connectivity index (χ0n) is 16.2. The highest BCUT2D eigenvalue weighted by molar-refractivity contribution is 5.94. The summed E-state index contributed by atoms with van der Waals surface area (Å²) < 4.78 is 0. The second-order valence-corrected chi connectivity index (χ2v) is 7.44. The van der Waals surface area contributed by atoms with Crippen molar-refractivity contribution in [1.82, 2.24) is 10.3 Å². The fourth-order valence-corrected chi connectivity index (χ4v) is 3.04. The lowest BCUT2D eigenvalue weighted by molar-refractivity contribution is -0.182. The summed E-state index contributed by atoms with van der Waals surface area (Å²) in [5, 5.41) is 19.7. The number of nitrogens with zero attached hydrogens (tertiary/aromatic N) is 1. The van der Waals surface area contributed by atoms with Crippen molar-refractivity contribution in [2.45, 2.75) is 45.1 Å². The molecule has 0 aliphatic rings. The van der Waals surface area contributed by atoms with Crippen molar-refractivity contribution in [3.63, 3.8) is 0 Å². The first-order valence-electron chi connectivity index (χ1n) is 8.96. The zero-order chi connectivity index (χ0) is 20.7. The molecule has 1 atom stereocenters. The molecule has 2 aromatic rings. The summed E-state index contributed by atoms with van der Waals surface area (Å²) in [7, 11) is 0. The molecule has 0 bridgehead atoms. The second kappa shape index (κ2) is 9.23. The van der Waals surface area contributed by atoms with Crippen molar-refractivity contribution in [3.05, 3.63) is 65.5 Å². The smallest absolute Gasteiger partial charge is 0.349 e. The molecule has 28 heavy (non-hydrogen) atoms. The van der Waals surface area contributed by atoms with Crippen molar-refractivity contribution in [1.29, 1.82) is 5.41 Å². The average Bonchev–Trinajstić information content (AvgIpc) is 2.67. The quantitative estimate of drug-likeness (QED) is 0.366. The Hall–Kier alpha value is -3.06. The van der Waals surface area contributed by atoms with Crippen LogP contribution in [0.3, 0.4) is 0 Å². The van der Waals surface area contributed by atoms with Crippen LogP contribution in [0.4, 0.5) is 0 Å². The van der Waals surface area contributed by atoms with Crippen molar-refractivity contribution >= 4 is 17.6 Å². The van der Waals surface area contributed by atoms with Gasteiger partial charge in [0.2, 0.25) is 0 Å². The molecule has 0 saturated heterocycles. The first kappa shape index (κ1) is 21.2. The van der Waals surface area contributed by atoms with Gasteiger partial charge in [-0.15, -0.1) is 0 Å². The van der Waals surface area contributed by atoms with Gasteiger partial charge in [0.15, 0.2) is 0 Å². The zero-order valence-corrected chi connectivity index (χ0v) is 16.2. The number of hydrogen-bond acceptors (Lipinski definition) is 6. The predicted octanol–water partition coefficient (Wildman–Crippen LogP) is 3.61. The Morgan fingerprint density at radius 1 is 1.21 bits per heavy atom. The highest BCUT2D eigenvalue weighted by Gasteiger charge is 2.24. The van der Waals surface area contributed by atoms with E-state index in [1.807, 2.05) is 20.8 Å². The van der Waals surface area contributed by atoms with Gasteiger partial charge < -0.3 is 10.7 Å². The standard InChI is InChI=1S/C21H25N3O4/c1-14(24-19(25)16-5-4-10-23-13-16)11-18(22)12-21(2,3)17-8-6-15(7-9-17)20(26)28-27/h4-10,13-14,22,27H,11-12H2,1-3H3,(H,24,25)/t14-/m0/s1. The number of benzene rings is 1. The molecule has 2 rings (SSSR count). The third-order valence-electron chi connectivity index (χ3n) is 4.49. The number of nitrogens with one attached hydrogen (secondary N) is 2. The third kappa shape index (κ3) is 5.72. The molecule has 0 saturated carbocycles. The summed E-state index contributed by atoms with van der Waals surface area (Å²) in [6.45, 7) is 5.89. The molecule has 1 aromatic heterocycles. The molecular weight excluding hydrogens is 358 g/mol. The summed E-state index contributed by atoms with van der Waals surface area (Å²) in [6, 6.07) is 9.94. The SMILES string of the molecule is C[C@@H](CC(=N)CC(C)(C)c1ccc(C(=O)OO)cc1)NC(=O)c1cccnc1. The Labute approximate surface area is 164 Å². The van der Waals surface area contributed by atoms with Crippen LogP contribution in [0.15, 0.2) is 48.8 Å². The lowest BCUT2D eigenvalue weighted by Gasteiger charge is -2.27. The van der Waals surface area contributed by atoms with Gasteiger partial charge >= 0.3 is 5.97 Å². The Balaban J connectivity index is 1.93. The molecule has 1 aromatic carbocycles. The van der Waals surface area contributed by atoms with E-state index in [1.54, 1.807) is 42.6 Å².